The fourth-order valence-electron chi connectivity index (χ4n) is 1.74. The summed E-state index contributed by atoms with van der Waals surface area (Å²) in [6, 6.07) is -1.66. The number of hydrogen-bond acceptors (Lipinski definition) is 3. The average Bonchev–Trinajstić information content (AvgIpc) is 2.34. The summed E-state index contributed by atoms with van der Waals surface area (Å²) in [5.74, 6) is -0.325. The molecule has 1 aliphatic heterocycles. The maximum absolute atomic E-state index is 12.0. The van der Waals surface area contributed by atoms with Crippen LogP contribution in [-0.4, -0.2) is 74.2 Å². The van der Waals surface area contributed by atoms with Crippen LogP contribution in [0.15, 0.2) is 0 Å². The van der Waals surface area contributed by atoms with E-state index in [1.807, 2.05) is 0 Å². The van der Waals surface area contributed by atoms with Crippen LogP contribution in [0.4, 0.5) is 18.0 Å². The van der Waals surface area contributed by atoms with Crippen molar-refractivity contribution in [1.82, 2.24) is 20.4 Å². The zero-order chi connectivity index (χ0) is 14.6. The standard InChI is InChI=1S/C10H17F3N4O2/c1-16(2)8(18)7-5-14-3-4-17(7)9(19)15-6-10(11,12)13/h7,14H,3-6H2,1-2H3,(H,15,19). The molecule has 6 nitrogen and oxygen atoms in total. The normalized spacial score (nSPS) is 20.1. The third-order valence-electron chi connectivity index (χ3n) is 2.67. The third-order valence-corrected chi connectivity index (χ3v) is 2.67. The summed E-state index contributed by atoms with van der Waals surface area (Å²) in [5.41, 5.74) is 0. The molecule has 1 unspecified atom stereocenters. The Hall–Kier alpha value is -1.51. The van der Waals surface area contributed by atoms with E-state index in [1.54, 1.807) is 5.32 Å². The number of carbonyl (C=O) groups is 2. The first-order valence-corrected chi connectivity index (χ1v) is 5.75. The number of nitrogens with zero attached hydrogens (tertiary/aromatic N) is 2. The van der Waals surface area contributed by atoms with Gasteiger partial charge in [-0.15, -0.1) is 0 Å². The van der Waals surface area contributed by atoms with Crippen molar-refractivity contribution in [3.63, 3.8) is 0 Å². The molecule has 0 aliphatic carbocycles. The van der Waals surface area contributed by atoms with E-state index in [0.717, 1.165) is 4.90 Å². The van der Waals surface area contributed by atoms with Crippen LogP contribution in [0.5, 0.6) is 0 Å². The topological polar surface area (TPSA) is 64.7 Å². The van der Waals surface area contributed by atoms with Gasteiger partial charge in [0.25, 0.3) is 0 Å². The predicted molar refractivity (Wildman–Crippen MR) is 61.5 cm³/mol. The van der Waals surface area contributed by atoms with E-state index in [0.29, 0.717) is 6.54 Å². The molecule has 9 heteroatoms. The maximum atomic E-state index is 12.0. The van der Waals surface area contributed by atoms with Crippen molar-refractivity contribution in [2.45, 2.75) is 12.2 Å². The molecule has 3 amide bonds. The summed E-state index contributed by atoms with van der Waals surface area (Å²) < 4.78 is 36.1. The van der Waals surface area contributed by atoms with Gasteiger partial charge < -0.3 is 20.4 Å². The van der Waals surface area contributed by atoms with Crippen LogP contribution in [0.1, 0.15) is 0 Å². The zero-order valence-electron chi connectivity index (χ0n) is 10.8. The quantitative estimate of drug-likeness (QED) is 0.726. The van der Waals surface area contributed by atoms with Gasteiger partial charge in [0.2, 0.25) is 5.91 Å². The lowest BCUT2D eigenvalue weighted by Crippen LogP contribution is -2.61. The molecule has 0 aromatic carbocycles. The molecule has 1 rings (SSSR count). The molecule has 0 spiro atoms. The highest BCUT2D eigenvalue weighted by molar-refractivity contribution is 5.87. The Kier molecular flexibility index (Phi) is 4.98. The highest BCUT2D eigenvalue weighted by atomic mass is 19.4. The number of carbonyl (C=O) groups excluding carboxylic acids is 2. The number of urea groups is 1. The number of piperazine rings is 1. The summed E-state index contributed by atoms with van der Waals surface area (Å²) in [4.78, 5) is 26.0. The molecule has 2 N–H and O–H groups in total. The Labute approximate surface area is 108 Å². The van der Waals surface area contributed by atoms with Crippen molar-refractivity contribution in [3.8, 4) is 0 Å². The lowest BCUT2D eigenvalue weighted by Gasteiger charge is -2.36. The number of rotatable bonds is 2. The molecule has 0 saturated carbocycles. The Morgan fingerprint density at radius 1 is 1.42 bits per heavy atom. The van der Waals surface area contributed by atoms with Crippen LogP contribution >= 0.6 is 0 Å². The van der Waals surface area contributed by atoms with E-state index in [9.17, 15) is 22.8 Å². The third kappa shape index (κ3) is 4.58. The molecular formula is C10H17F3N4O2. The number of halogens is 3. The Balaban J connectivity index is 2.66. The summed E-state index contributed by atoms with van der Waals surface area (Å²) in [5, 5.41) is 4.72. The molecule has 110 valence electrons. The lowest BCUT2D eigenvalue weighted by molar-refractivity contribution is -0.134. The van der Waals surface area contributed by atoms with Crippen LogP contribution in [0.3, 0.4) is 0 Å². The van der Waals surface area contributed by atoms with Gasteiger partial charge in [-0.25, -0.2) is 4.79 Å². The fourth-order valence-corrected chi connectivity index (χ4v) is 1.74. The van der Waals surface area contributed by atoms with Crippen molar-refractivity contribution in [1.29, 1.82) is 0 Å². The van der Waals surface area contributed by atoms with Crippen LogP contribution in [0.25, 0.3) is 0 Å². The number of alkyl halides is 3. The van der Waals surface area contributed by atoms with Crippen LogP contribution in [0.2, 0.25) is 0 Å². The molecule has 19 heavy (non-hydrogen) atoms. The van der Waals surface area contributed by atoms with Gasteiger partial charge >= 0.3 is 12.2 Å². The second-order valence-corrected chi connectivity index (χ2v) is 4.42. The minimum Gasteiger partial charge on any atom is -0.347 e. The second kappa shape index (κ2) is 6.09. The van der Waals surface area contributed by atoms with Crippen molar-refractivity contribution < 1.29 is 22.8 Å². The number of hydrogen-bond donors (Lipinski definition) is 2. The van der Waals surface area contributed by atoms with Crippen LogP contribution in [0, 0.1) is 0 Å². The summed E-state index contributed by atoms with van der Waals surface area (Å²) in [7, 11) is 3.06. The summed E-state index contributed by atoms with van der Waals surface area (Å²) >= 11 is 0. The van der Waals surface area contributed by atoms with E-state index in [-0.39, 0.29) is 19.0 Å². The fraction of sp³-hybridized carbons (Fsp3) is 0.800. The number of amides is 3. The van der Waals surface area contributed by atoms with Gasteiger partial charge in [-0.3, -0.25) is 4.79 Å². The molecule has 1 aliphatic rings. The first kappa shape index (κ1) is 15.5. The molecular weight excluding hydrogens is 265 g/mol. The molecule has 0 bridgehead atoms. The SMILES string of the molecule is CN(C)C(=O)C1CNCCN1C(=O)NCC(F)(F)F. The second-order valence-electron chi connectivity index (χ2n) is 4.42. The minimum absolute atomic E-state index is 0.188. The van der Waals surface area contributed by atoms with Crippen molar-refractivity contribution in [3.05, 3.63) is 0 Å². The van der Waals surface area contributed by atoms with Crippen LogP contribution in [-0.2, 0) is 4.79 Å². The minimum atomic E-state index is -4.47. The molecule has 1 heterocycles. The van der Waals surface area contributed by atoms with Gasteiger partial charge in [0, 0.05) is 33.7 Å². The van der Waals surface area contributed by atoms with Crippen molar-refractivity contribution in [2.24, 2.45) is 0 Å². The summed E-state index contributed by atoms with van der Waals surface area (Å²) in [6.07, 6.45) is -4.47. The largest absolute Gasteiger partial charge is 0.405 e. The zero-order valence-corrected chi connectivity index (χ0v) is 10.8. The van der Waals surface area contributed by atoms with Crippen LogP contribution < -0.4 is 10.6 Å². The molecule has 1 fully saturated rings. The molecule has 0 aromatic rings. The lowest BCUT2D eigenvalue weighted by atomic mass is 10.2. The summed E-state index contributed by atoms with van der Waals surface area (Å²) in [6.45, 7) is -0.542. The molecule has 0 radical (unpaired) electrons. The Morgan fingerprint density at radius 3 is 2.58 bits per heavy atom. The monoisotopic (exact) mass is 282 g/mol. The van der Waals surface area contributed by atoms with Gasteiger partial charge in [0.1, 0.15) is 12.6 Å². The number of likely N-dealkylation sites (N-methyl/N-ethyl adjacent to an activating group) is 1. The molecule has 1 atom stereocenters. The first-order valence-electron chi connectivity index (χ1n) is 5.75. The first-order chi connectivity index (χ1) is 8.72. The average molecular weight is 282 g/mol. The smallest absolute Gasteiger partial charge is 0.347 e. The van der Waals surface area contributed by atoms with E-state index >= 15 is 0 Å². The maximum Gasteiger partial charge on any atom is 0.405 e. The van der Waals surface area contributed by atoms with Gasteiger partial charge in [0.15, 0.2) is 0 Å². The van der Waals surface area contributed by atoms with Gasteiger partial charge in [-0.2, -0.15) is 13.2 Å². The highest BCUT2D eigenvalue weighted by Gasteiger charge is 2.35. The van der Waals surface area contributed by atoms with Gasteiger partial charge in [-0.05, 0) is 0 Å². The molecule has 1 saturated heterocycles. The van der Waals surface area contributed by atoms with Crippen molar-refractivity contribution >= 4 is 11.9 Å². The van der Waals surface area contributed by atoms with Gasteiger partial charge in [-0.1, -0.05) is 0 Å². The van der Waals surface area contributed by atoms with E-state index < -0.39 is 24.8 Å². The highest BCUT2D eigenvalue weighted by Crippen LogP contribution is 2.13. The predicted octanol–water partition coefficient (Wildman–Crippen LogP) is -0.380. The van der Waals surface area contributed by atoms with E-state index in [2.05, 4.69) is 5.32 Å². The Morgan fingerprint density at radius 2 is 2.05 bits per heavy atom. The van der Waals surface area contributed by atoms with Crippen molar-refractivity contribution in [2.75, 3.05) is 40.3 Å². The molecule has 0 aromatic heterocycles. The number of nitrogens with one attached hydrogen (secondary N) is 2. The Bertz CT molecular complexity index is 346. The van der Waals surface area contributed by atoms with Gasteiger partial charge in [0.05, 0.1) is 0 Å². The van der Waals surface area contributed by atoms with E-state index in [1.165, 1.54) is 19.0 Å². The van der Waals surface area contributed by atoms with E-state index in [4.69, 9.17) is 0 Å².